The van der Waals surface area contributed by atoms with E-state index >= 15 is 0 Å². The first-order valence-corrected chi connectivity index (χ1v) is 5.67. The molecule has 0 spiro atoms. The van der Waals surface area contributed by atoms with E-state index < -0.39 is 0 Å². The zero-order valence-electron chi connectivity index (χ0n) is 9.59. The van der Waals surface area contributed by atoms with Crippen molar-refractivity contribution in [3.63, 3.8) is 0 Å². The highest BCUT2D eigenvalue weighted by Gasteiger charge is 2.04. The molecule has 80 valence electrons. The summed E-state index contributed by atoms with van der Waals surface area (Å²) in [6.07, 6.45) is 6.81. The molecule has 0 saturated heterocycles. The van der Waals surface area contributed by atoms with Crippen LogP contribution in [0, 0.1) is 0 Å². The fraction of sp³-hybridized carbons (Fsp3) is 0.667. The highest BCUT2D eigenvalue weighted by atomic mass is 15.0. The van der Waals surface area contributed by atoms with Crippen LogP contribution in [0.2, 0.25) is 0 Å². The Kier molecular flexibility index (Phi) is 4.74. The van der Waals surface area contributed by atoms with E-state index in [4.69, 9.17) is 0 Å². The van der Waals surface area contributed by atoms with Gasteiger partial charge in [0.1, 0.15) is 0 Å². The van der Waals surface area contributed by atoms with Gasteiger partial charge in [-0.25, -0.2) is 0 Å². The molecule has 0 radical (unpaired) electrons. The molecule has 0 fully saturated rings. The number of aromatic nitrogens is 1. The van der Waals surface area contributed by atoms with E-state index in [9.17, 15) is 0 Å². The van der Waals surface area contributed by atoms with Gasteiger partial charge in [-0.05, 0) is 37.9 Å². The molecule has 2 nitrogen and oxygen atoms in total. The van der Waals surface area contributed by atoms with Gasteiger partial charge >= 0.3 is 0 Å². The lowest BCUT2D eigenvalue weighted by Gasteiger charge is -2.11. The molecule has 0 aliphatic carbocycles. The molecular weight excluding hydrogens is 172 g/mol. The molecular formula is C12H22N2. The van der Waals surface area contributed by atoms with Crippen molar-refractivity contribution in [2.75, 3.05) is 6.54 Å². The maximum Gasteiger partial charge on any atom is 0.0306 e. The van der Waals surface area contributed by atoms with E-state index in [1.165, 1.54) is 18.4 Å². The summed E-state index contributed by atoms with van der Waals surface area (Å²) in [7, 11) is 0. The van der Waals surface area contributed by atoms with Gasteiger partial charge in [0.2, 0.25) is 0 Å². The van der Waals surface area contributed by atoms with Crippen molar-refractivity contribution in [1.82, 2.24) is 9.88 Å². The van der Waals surface area contributed by atoms with Crippen molar-refractivity contribution in [3.8, 4) is 0 Å². The first kappa shape index (κ1) is 11.3. The minimum Gasteiger partial charge on any atom is -0.354 e. The highest BCUT2D eigenvalue weighted by Crippen LogP contribution is 2.12. The summed E-state index contributed by atoms with van der Waals surface area (Å²) >= 11 is 0. The predicted molar refractivity (Wildman–Crippen MR) is 61.4 cm³/mol. The summed E-state index contributed by atoms with van der Waals surface area (Å²) in [6.45, 7) is 8.85. The summed E-state index contributed by atoms with van der Waals surface area (Å²) in [6, 6.07) is 2.69. The molecule has 0 aromatic carbocycles. The molecule has 0 unspecified atom stereocenters. The van der Waals surface area contributed by atoms with E-state index in [-0.39, 0.29) is 0 Å². The zero-order chi connectivity index (χ0) is 10.4. The van der Waals surface area contributed by atoms with Crippen LogP contribution in [0.4, 0.5) is 0 Å². The average Bonchev–Trinajstić information content (AvgIpc) is 2.63. The van der Waals surface area contributed by atoms with Gasteiger partial charge in [-0.1, -0.05) is 13.8 Å². The second-order valence-electron chi connectivity index (χ2n) is 3.86. The van der Waals surface area contributed by atoms with Crippen LogP contribution in [-0.2, 0) is 6.54 Å². The Morgan fingerprint density at radius 3 is 2.79 bits per heavy atom. The van der Waals surface area contributed by atoms with Gasteiger partial charge in [0.05, 0.1) is 0 Å². The van der Waals surface area contributed by atoms with Gasteiger partial charge in [0.25, 0.3) is 0 Å². The van der Waals surface area contributed by atoms with Crippen molar-refractivity contribution in [1.29, 1.82) is 0 Å². The van der Waals surface area contributed by atoms with Crippen molar-refractivity contribution in [2.45, 2.75) is 46.2 Å². The minimum atomic E-state index is 0.480. The van der Waals surface area contributed by atoms with Crippen LogP contribution < -0.4 is 5.32 Å². The second kappa shape index (κ2) is 5.86. The lowest BCUT2D eigenvalue weighted by atomic mass is 10.2. The van der Waals surface area contributed by atoms with Gasteiger partial charge < -0.3 is 9.88 Å². The number of nitrogens with one attached hydrogen (secondary N) is 1. The topological polar surface area (TPSA) is 17.0 Å². The molecule has 1 aromatic rings. The molecule has 1 heterocycles. The summed E-state index contributed by atoms with van der Waals surface area (Å²) < 4.78 is 2.26. The monoisotopic (exact) mass is 194 g/mol. The number of aryl methyl sites for hydroxylation is 1. The Labute approximate surface area is 87.3 Å². The van der Waals surface area contributed by atoms with Crippen molar-refractivity contribution in [3.05, 3.63) is 24.0 Å². The summed E-state index contributed by atoms with van der Waals surface area (Å²) in [5, 5.41) is 3.49. The lowest BCUT2D eigenvalue weighted by Crippen LogP contribution is -2.18. The third kappa shape index (κ3) is 3.18. The van der Waals surface area contributed by atoms with Gasteiger partial charge in [0, 0.05) is 25.0 Å². The van der Waals surface area contributed by atoms with Gasteiger partial charge in [-0.3, -0.25) is 0 Å². The van der Waals surface area contributed by atoms with Crippen LogP contribution in [0.25, 0.3) is 0 Å². The standard InChI is InChI=1S/C12H22N2/c1-4-7-13-11(3)12-6-9-14(10-12)8-5-2/h6,9-11,13H,4-5,7-8H2,1-3H3/t11-/m1/s1. The average molecular weight is 194 g/mol. The zero-order valence-corrected chi connectivity index (χ0v) is 9.59. The first-order valence-electron chi connectivity index (χ1n) is 5.67. The molecule has 1 atom stereocenters. The summed E-state index contributed by atoms with van der Waals surface area (Å²) in [5.41, 5.74) is 1.40. The first-order chi connectivity index (χ1) is 6.77. The molecule has 0 amide bonds. The van der Waals surface area contributed by atoms with Crippen molar-refractivity contribution < 1.29 is 0 Å². The SMILES string of the molecule is CCCN[C@H](C)c1ccn(CCC)c1. The summed E-state index contributed by atoms with van der Waals surface area (Å²) in [4.78, 5) is 0. The molecule has 0 saturated carbocycles. The maximum absolute atomic E-state index is 3.49. The molecule has 0 bridgehead atoms. The molecule has 1 aromatic heterocycles. The fourth-order valence-electron chi connectivity index (χ4n) is 1.59. The quantitative estimate of drug-likeness (QED) is 0.736. The third-order valence-corrected chi connectivity index (χ3v) is 2.46. The number of rotatable bonds is 6. The number of hydrogen-bond acceptors (Lipinski definition) is 1. The van der Waals surface area contributed by atoms with E-state index in [1.807, 2.05) is 0 Å². The lowest BCUT2D eigenvalue weighted by molar-refractivity contribution is 0.568. The molecule has 2 heteroatoms. The Balaban J connectivity index is 2.48. The van der Waals surface area contributed by atoms with E-state index in [2.05, 4.69) is 49.1 Å². The second-order valence-corrected chi connectivity index (χ2v) is 3.86. The third-order valence-electron chi connectivity index (χ3n) is 2.46. The predicted octanol–water partition coefficient (Wildman–Crippen LogP) is 2.96. The largest absolute Gasteiger partial charge is 0.354 e. The normalized spacial score (nSPS) is 13.1. The van der Waals surface area contributed by atoms with Crippen LogP contribution >= 0.6 is 0 Å². The van der Waals surface area contributed by atoms with Gasteiger partial charge in [-0.2, -0.15) is 0 Å². The van der Waals surface area contributed by atoms with E-state index in [0.29, 0.717) is 6.04 Å². The number of nitrogens with zero attached hydrogens (tertiary/aromatic N) is 1. The molecule has 0 aliphatic heterocycles. The Morgan fingerprint density at radius 2 is 2.14 bits per heavy atom. The van der Waals surface area contributed by atoms with Crippen molar-refractivity contribution in [2.24, 2.45) is 0 Å². The van der Waals surface area contributed by atoms with Crippen LogP contribution in [-0.4, -0.2) is 11.1 Å². The number of hydrogen-bond donors (Lipinski definition) is 1. The van der Waals surface area contributed by atoms with Crippen LogP contribution in [0.15, 0.2) is 18.5 Å². The van der Waals surface area contributed by atoms with Crippen molar-refractivity contribution >= 4 is 0 Å². The van der Waals surface area contributed by atoms with Crippen LogP contribution in [0.5, 0.6) is 0 Å². The Hall–Kier alpha value is -0.760. The molecule has 1 rings (SSSR count). The van der Waals surface area contributed by atoms with Gasteiger partial charge in [-0.15, -0.1) is 0 Å². The van der Waals surface area contributed by atoms with Crippen LogP contribution in [0.3, 0.4) is 0 Å². The maximum atomic E-state index is 3.49. The smallest absolute Gasteiger partial charge is 0.0306 e. The molecule has 0 aliphatic rings. The Morgan fingerprint density at radius 1 is 1.36 bits per heavy atom. The fourth-order valence-corrected chi connectivity index (χ4v) is 1.59. The minimum absolute atomic E-state index is 0.480. The van der Waals surface area contributed by atoms with E-state index in [0.717, 1.165) is 13.1 Å². The highest BCUT2D eigenvalue weighted by molar-refractivity contribution is 5.14. The van der Waals surface area contributed by atoms with E-state index in [1.54, 1.807) is 0 Å². The summed E-state index contributed by atoms with van der Waals surface area (Å²) in [5.74, 6) is 0. The molecule has 14 heavy (non-hydrogen) atoms. The van der Waals surface area contributed by atoms with Crippen LogP contribution in [0.1, 0.15) is 45.2 Å². The molecule has 1 N–H and O–H groups in total. The van der Waals surface area contributed by atoms with Gasteiger partial charge in [0.15, 0.2) is 0 Å². The Bertz CT molecular complexity index is 253.